The van der Waals surface area contributed by atoms with E-state index in [-0.39, 0.29) is 18.1 Å². The molecule has 0 spiro atoms. The van der Waals surface area contributed by atoms with Crippen molar-refractivity contribution in [1.29, 1.82) is 0 Å². The maximum Gasteiger partial charge on any atom is 0.160 e. The van der Waals surface area contributed by atoms with Gasteiger partial charge in [0.05, 0.1) is 6.04 Å². The lowest BCUT2D eigenvalue weighted by Gasteiger charge is -2.33. The minimum Gasteiger partial charge on any atom is -0.466 e. The summed E-state index contributed by atoms with van der Waals surface area (Å²) in [5.74, 6) is 0.834. The molecule has 2 heterocycles. The zero-order valence-electron chi connectivity index (χ0n) is 12.5. The first-order chi connectivity index (χ1) is 10.2. The standard InChI is InChI=1S/C17H23NO3/c1-17(13-19)7-8-18(12-17)16(14-5-3-2-4-6-14)15-11-20-9-10-21-15/h2-3,5,9-11,16,19H,4,6-8,12-13H2,1H3. The lowest BCUT2D eigenvalue weighted by atomic mass is 9.91. The van der Waals surface area contributed by atoms with Crippen molar-refractivity contribution in [3.05, 3.63) is 48.3 Å². The highest BCUT2D eigenvalue weighted by Crippen LogP contribution is 2.36. The lowest BCUT2D eigenvalue weighted by Crippen LogP contribution is -2.39. The Labute approximate surface area is 126 Å². The number of likely N-dealkylation sites (tertiary alicyclic amines) is 1. The summed E-state index contributed by atoms with van der Waals surface area (Å²) in [6, 6.07) is 0.105. The first-order valence-electron chi connectivity index (χ1n) is 7.60. The van der Waals surface area contributed by atoms with Crippen LogP contribution in [-0.2, 0) is 9.47 Å². The molecule has 0 radical (unpaired) electrons. The Morgan fingerprint density at radius 2 is 2.33 bits per heavy atom. The maximum atomic E-state index is 9.61. The van der Waals surface area contributed by atoms with E-state index in [0.717, 1.165) is 38.1 Å². The molecule has 1 aliphatic carbocycles. The second kappa shape index (κ2) is 6.08. The van der Waals surface area contributed by atoms with Crippen LogP contribution in [0.3, 0.4) is 0 Å². The SMILES string of the molecule is CC1(CO)CCN(C(C2=CC=CCC2)C2=COC=CO2)C1. The molecule has 2 aliphatic heterocycles. The van der Waals surface area contributed by atoms with E-state index in [4.69, 9.17) is 9.47 Å². The number of aliphatic hydroxyl groups excluding tert-OH is 1. The first-order valence-corrected chi connectivity index (χ1v) is 7.60. The molecule has 21 heavy (non-hydrogen) atoms. The Morgan fingerprint density at radius 3 is 2.95 bits per heavy atom. The fourth-order valence-electron chi connectivity index (χ4n) is 3.26. The summed E-state index contributed by atoms with van der Waals surface area (Å²) in [6.45, 7) is 4.21. The third-order valence-corrected chi connectivity index (χ3v) is 4.52. The highest BCUT2D eigenvalue weighted by atomic mass is 16.5. The zero-order valence-corrected chi connectivity index (χ0v) is 12.5. The number of aliphatic hydroxyl groups is 1. The molecule has 0 saturated carbocycles. The number of rotatable bonds is 4. The minimum absolute atomic E-state index is 0.0186. The van der Waals surface area contributed by atoms with Gasteiger partial charge in [-0.05, 0) is 31.4 Å². The predicted molar refractivity (Wildman–Crippen MR) is 81.0 cm³/mol. The third kappa shape index (κ3) is 3.06. The fourth-order valence-corrected chi connectivity index (χ4v) is 3.26. The van der Waals surface area contributed by atoms with Crippen molar-refractivity contribution in [3.63, 3.8) is 0 Å². The first kappa shape index (κ1) is 14.4. The summed E-state index contributed by atoms with van der Waals surface area (Å²) in [5.41, 5.74) is 1.33. The van der Waals surface area contributed by atoms with Crippen LogP contribution in [0.4, 0.5) is 0 Å². The molecule has 0 aromatic carbocycles. The second-order valence-corrected chi connectivity index (χ2v) is 6.35. The monoisotopic (exact) mass is 289 g/mol. The Morgan fingerprint density at radius 1 is 1.43 bits per heavy atom. The summed E-state index contributed by atoms with van der Waals surface area (Å²) in [5, 5.41) is 9.61. The highest BCUT2D eigenvalue weighted by Gasteiger charge is 2.39. The molecule has 114 valence electrons. The van der Waals surface area contributed by atoms with Gasteiger partial charge in [-0.15, -0.1) is 0 Å². The molecule has 0 amide bonds. The smallest absolute Gasteiger partial charge is 0.160 e. The average Bonchev–Trinajstić information content (AvgIpc) is 2.93. The quantitative estimate of drug-likeness (QED) is 0.864. The van der Waals surface area contributed by atoms with Gasteiger partial charge in [-0.3, -0.25) is 4.90 Å². The third-order valence-electron chi connectivity index (χ3n) is 4.52. The normalized spacial score (nSPS) is 30.4. The van der Waals surface area contributed by atoms with E-state index in [0.29, 0.717) is 0 Å². The van der Waals surface area contributed by atoms with Crippen molar-refractivity contribution in [2.45, 2.75) is 32.2 Å². The predicted octanol–water partition coefficient (Wildman–Crippen LogP) is 2.70. The molecule has 3 aliphatic rings. The molecule has 0 aromatic rings. The summed E-state index contributed by atoms with van der Waals surface area (Å²) < 4.78 is 11.0. The number of hydrogen-bond acceptors (Lipinski definition) is 4. The number of allylic oxidation sites excluding steroid dienone is 3. The number of ether oxygens (including phenoxy) is 2. The highest BCUT2D eigenvalue weighted by molar-refractivity contribution is 5.30. The van der Waals surface area contributed by atoms with E-state index in [2.05, 4.69) is 30.1 Å². The maximum absolute atomic E-state index is 9.61. The summed E-state index contributed by atoms with van der Waals surface area (Å²) >= 11 is 0. The van der Waals surface area contributed by atoms with Gasteiger partial charge in [-0.1, -0.05) is 25.2 Å². The van der Waals surface area contributed by atoms with Gasteiger partial charge in [0.1, 0.15) is 18.8 Å². The largest absolute Gasteiger partial charge is 0.466 e. The van der Waals surface area contributed by atoms with Gasteiger partial charge in [0, 0.05) is 18.6 Å². The molecule has 4 nitrogen and oxygen atoms in total. The Bertz CT molecular complexity index is 506. The van der Waals surface area contributed by atoms with Crippen LogP contribution in [0.15, 0.2) is 48.3 Å². The van der Waals surface area contributed by atoms with Crippen molar-refractivity contribution in [1.82, 2.24) is 4.90 Å². The van der Waals surface area contributed by atoms with Gasteiger partial charge in [0.15, 0.2) is 5.76 Å². The van der Waals surface area contributed by atoms with Gasteiger partial charge in [-0.25, -0.2) is 0 Å². The van der Waals surface area contributed by atoms with Crippen molar-refractivity contribution in [2.75, 3.05) is 19.7 Å². The van der Waals surface area contributed by atoms with E-state index in [1.165, 1.54) is 11.8 Å². The molecule has 1 saturated heterocycles. The van der Waals surface area contributed by atoms with Crippen molar-refractivity contribution in [3.8, 4) is 0 Å². The van der Waals surface area contributed by atoms with Gasteiger partial charge in [-0.2, -0.15) is 0 Å². The van der Waals surface area contributed by atoms with E-state index in [9.17, 15) is 5.11 Å². The van der Waals surface area contributed by atoms with Crippen molar-refractivity contribution >= 4 is 0 Å². The van der Waals surface area contributed by atoms with Gasteiger partial charge < -0.3 is 14.6 Å². The fraction of sp³-hybridized carbons (Fsp3) is 0.529. The van der Waals surface area contributed by atoms with E-state index < -0.39 is 0 Å². The number of nitrogens with zero attached hydrogens (tertiary/aromatic N) is 1. The molecule has 2 atom stereocenters. The van der Waals surface area contributed by atoms with Crippen molar-refractivity contribution < 1.29 is 14.6 Å². The Kier molecular flexibility index (Phi) is 4.17. The Hall–Kier alpha value is -1.52. The van der Waals surface area contributed by atoms with Crippen LogP contribution in [0, 0.1) is 5.41 Å². The average molecular weight is 289 g/mol. The van der Waals surface area contributed by atoms with Crippen LogP contribution in [-0.4, -0.2) is 35.7 Å². The van der Waals surface area contributed by atoms with Crippen LogP contribution in [0.1, 0.15) is 26.2 Å². The molecule has 0 aromatic heterocycles. The summed E-state index contributed by atoms with van der Waals surface area (Å²) in [4.78, 5) is 2.40. The van der Waals surface area contributed by atoms with Crippen LogP contribution < -0.4 is 0 Å². The molecular weight excluding hydrogens is 266 g/mol. The van der Waals surface area contributed by atoms with Crippen LogP contribution in [0.5, 0.6) is 0 Å². The van der Waals surface area contributed by atoms with Gasteiger partial charge in [0.2, 0.25) is 0 Å². The molecule has 1 fully saturated rings. The topological polar surface area (TPSA) is 41.9 Å². The van der Waals surface area contributed by atoms with Gasteiger partial charge in [0.25, 0.3) is 0 Å². The van der Waals surface area contributed by atoms with Crippen LogP contribution in [0.2, 0.25) is 0 Å². The molecule has 3 rings (SSSR count). The van der Waals surface area contributed by atoms with E-state index in [1.807, 2.05) is 0 Å². The minimum atomic E-state index is -0.0186. The van der Waals surface area contributed by atoms with Crippen LogP contribution in [0.25, 0.3) is 0 Å². The van der Waals surface area contributed by atoms with E-state index in [1.54, 1.807) is 12.5 Å². The molecular formula is C17H23NO3. The van der Waals surface area contributed by atoms with Gasteiger partial charge >= 0.3 is 0 Å². The molecule has 2 unspecified atom stereocenters. The zero-order chi connectivity index (χ0) is 14.7. The summed E-state index contributed by atoms with van der Waals surface area (Å²) in [7, 11) is 0. The number of hydrogen-bond donors (Lipinski definition) is 1. The van der Waals surface area contributed by atoms with Crippen LogP contribution >= 0.6 is 0 Å². The Balaban J connectivity index is 1.84. The molecule has 0 bridgehead atoms. The lowest BCUT2D eigenvalue weighted by molar-refractivity contribution is 0.128. The molecule has 1 N–H and O–H groups in total. The summed E-state index contributed by atoms with van der Waals surface area (Å²) in [6.07, 6.45) is 14.4. The van der Waals surface area contributed by atoms with Crippen molar-refractivity contribution in [2.24, 2.45) is 5.41 Å². The molecule has 4 heteroatoms. The second-order valence-electron chi connectivity index (χ2n) is 6.35. The van der Waals surface area contributed by atoms with E-state index >= 15 is 0 Å².